The van der Waals surface area contributed by atoms with Gasteiger partial charge in [0.2, 0.25) is 0 Å². The molecule has 0 radical (unpaired) electrons. The normalized spacial score (nSPS) is 10.6. The molecule has 2 heterocycles. The molecule has 2 rings (SSSR count). The Morgan fingerprint density at radius 3 is 3.00 bits per heavy atom. The Balaban J connectivity index is 2.43. The third-order valence-corrected chi connectivity index (χ3v) is 2.49. The van der Waals surface area contributed by atoms with E-state index in [1.165, 1.54) is 6.26 Å². The fourth-order valence-corrected chi connectivity index (χ4v) is 1.76. The molecule has 0 N–H and O–H groups in total. The first kappa shape index (κ1) is 10.7. The number of aryl methyl sites for hydroxylation is 2. The first-order valence-corrected chi connectivity index (χ1v) is 5.33. The fourth-order valence-electron chi connectivity index (χ4n) is 1.76. The minimum atomic E-state index is 0.360. The van der Waals surface area contributed by atoms with Crippen molar-refractivity contribution in [2.75, 3.05) is 0 Å². The molecule has 0 atom stereocenters. The van der Waals surface area contributed by atoms with Gasteiger partial charge in [0.15, 0.2) is 12.0 Å². The zero-order valence-corrected chi connectivity index (χ0v) is 9.43. The molecular formula is C12H14N2O2. The first-order chi connectivity index (χ1) is 7.76. The standard InChI is InChI=1S/C12H14N2O2/c1-3-5-14-7-11(9(2)13-14)10-4-6-16-12(10)8-15/h4,6-8H,3,5H2,1-2H3. The highest BCUT2D eigenvalue weighted by Gasteiger charge is 2.13. The number of carbonyl (C=O) groups excluding carboxylic acids is 1. The predicted octanol–water partition coefficient (Wildman–Crippen LogP) is 2.67. The number of nitrogens with zero attached hydrogens (tertiary/aromatic N) is 2. The number of aromatic nitrogens is 2. The molecule has 0 fully saturated rings. The van der Waals surface area contributed by atoms with E-state index < -0.39 is 0 Å². The van der Waals surface area contributed by atoms with Crippen LogP contribution >= 0.6 is 0 Å². The average molecular weight is 218 g/mol. The predicted molar refractivity (Wildman–Crippen MR) is 60.3 cm³/mol. The van der Waals surface area contributed by atoms with E-state index in [0.29, 0.717) is 5.76 Å². The number of hydrogen-bond donors (Lipinski definition) is 0. The highest BCUT2D eigenvalue weighted by atomic mass is 16.3. The minimum absolute atomic E-state index is 0.360. The highest BCUT2D eigenvalue weighted by molar-refractivity contribution is 5.84. The molecule has 2 aromatic rings. The van der Waals surface area contributed by atoms with Gasteiger partial charge in [-0.1, -0.05) is 6.92 Å². The molecule has 0 spiro atoms. The number of aldehydes is 1. The molecule has 0 unspecified atom stereocenters. The van der Waals surface area contributed by atoms with Crippen molar-refractivity contribution < 1.29 is 9.21 Å². The molecule has 4 heteroatoms. The molecule has 0 aliphatic rings. The maximum absolute atomic E-state index is 10.8. The van der Waals surface area contributed by atoms with Crippen LogP contribution in [0.5, 0.6) is 0 Å². The van der Waals surface area contributed by atoms with Gasteiger partial charge in [0.1, 0.15) is 0 Å². The van der Waals surface area contributed by atoms with E-state index in [9.17, 15) is 4.79 Å². The number of rotatable bonds is 4. The van der Waals surface area contributed by atoms with E-state index in [1.807, 2.05) is 17.8 Å². The Morgan fingerprint density at radius 2 is 2.31 bits per heavy atom. The van der Waals surface area contributed by atoms with E-state index in [1.54, 1.807) is 6.07 Å². The monoisotopic (exact) mass is 218 g/mol. The number of carbonyl (C=O) groups is 1. The van der Waals surface area contributed by atoms with Crippen molar-refractivity contribution in [1.82, 2.24) is 9.78 Å². The Morgan fingerprint density at radius 1 is 1.50 bits per heavy atom. The summed E-state index contributed by atoms with van der Waals surface area (Å²) in [6.07, 6.45) is 5.24. The second-order valence-corrected chi connectivity index (χ2v) is 3.71. The molecule has 0 saturated heterocycles. The van der Waals surface area contributed by atoms with Gasteiger partial charge in [-0.05, 0) is 19.4 Å². The van der Waals surface area contributed by atoms with E-state index in [4.69, 9.17) is 4.42 Å². The van der Waals surface area contributed by atoms with Gasteiger partial charge in [0.05, 0.1) is 12.0 Å². The van der Waals surface area contributed by atoms with Crippen LogP contribution in [0.1, 0.15) is 29.6 Å². The Hall–Kier alpha value is -1.84. The summed E-state index contributed by atoms with van der Waals surface area (Å²) in [4.78, 5) is 10.8. The molecule has 4 nitrogen and oxygen atoms in total. The van der Waals surface area contributed by atoms with Crippen LogP contribution in [-0.4, -0.2) is 16.1 Å². The molecule has 0 aliphatic carbocycles. The SMILES string of the molecule is CCCn1cc(-c2ccoc2C=O)c(C)n1. The van der Waals surface area contributed by atoms with Crippen LogP contribution in [0.3, 0.4) is 0 Å². The zero-order chi connectivity index (χ0) is 11.5. The maximum Gasteiger partial charge on any atom is 0.185 e. The lowest BCUT2D eigenvalue weighted by Gasteiger charge is -1.95. The van der Waals surface area contributed by atoms with Crippen molar-refractivity contribution in [3.8, 4) is 11.1 Å². The van der Waals surface area contributed by atoms with Crippen LogP contribution in [0.4, 0.5) is 0 Å². The van der Waals surface area contributed by atoms with Gasteiger partial charge < -0.3 is 4.42 Å². The summed E-state index contributed by atoms with van der Waals surface area (Å²) < 4.78 is 6.98. The van der Waals surface area contributed by atoms with Gasteiger partial charge in [-0.2, -0.15) is 5.10 Å². The van der Waals surface area contributed by atoms with Crippen molar-refractivity contribution in [2.45, 2.75) is 26.8 Å². The molecule has 0 saturated carbocycles. The summed E-state index contributed by atoms with van der Waals surface area (Å²) in [5.74, 6) is 0.360. The average Bonchev–Trinajstić information content (AvgIpc) is 2.84. The summed E-state index contributed by atoms with van der Waals surface area (Å²) in [6.45, 7) is 4.92. The van der Waals surface area contributed by atoms with Gasteiger partial charge in [0.25, 0.3) is 0 Å². The molecule has 0 aliphatic heterocycles. The van der Waals surface area contributed by atoms with Crippen LogP contribution in [0, 0.1) is 6.92 Å². The van der Waals surface area contributed by atoms with Crippen molar-refractivity contribution in [2.24, 2.45) is 0 Å². The smallest absolute Gasteiger partial charge is 0.185 e. The second-order valence-electron chi connectivity index (χ2n) is 3.71. The molecular weight excluding hydrogens is 204 g/mol. The van der Waals surface area contributed by atoms with Gasteiger partial charge in [0, 0.05) is 23.9 Å². The van der Waals surface area contributed by atoms with Crippen LogP contribution in [0.15, 0.2) is 22.9 Å². The molecule has 0 aromatic carbocycles. The van der Waals surface area contributed by atoms with Gasteiger partial charge in [-0.15, -0.1) is 0 Å². The molecule has 0 bridgehead atoms. The highest BCUT2D eigenvalue weighted by Crippen LogP contribution is 2.26. The maximum atomic E-state index is 10.8. The second kappa shape index (κ2) is 4.35. The molecule has 2 aromatic heterocycles. The first-order valence-electron chi connectivity index (χ1n) is 5.33. The van der Waals surface area contributed by atoms with E-state index >= 15 is 0 Å². The Labute approximate surface area is 93.9 Å². The summed E-state index contributed by atoms with van der Waals surface area (Å²) >= 11 is 0. The number of furan rings is 1. The van der Waals surface area contributed by atoms with E-state index in [2.05, 4.69) is 12.0 Å². The lowest BCUT2D eigenvalue weighted by atomic mass is 10.1. The topological polar surface area (TPSA) is 48.0 Å². The summed E-state index contributed by atoms with van der Waals surface area (Å²) in [5, 5.41) is 4.39. The number of hydrogen-bond acceptors (Lipinski definition) is 3. The summed E-state index contributed by atoms with van der Waals surface area (Å²) in [6, 6.07) is 1.80. The van der Waals surface area contributed by atoms with Crippen LogP contribution < -0.4 is 0 Å². The third-order valence-electron chi connectivity index (χ3n) is 2.49. The van der Waals surface area contributed by atoms with Gasteiger partial charge in [-0.25, -0.2) is 0 Å². The lowest BCUT2D eigenvalue weighted by molar-refractivity contribution is 0.110. The van der Waals surface area contributed by atoms with E-state index in [0.717, 1.165) is 36.1 Å². The van der Waals surface area contributed by atoms with Crippen molar-refractivity contribution >= 4 is 6.29 Å². The molecule has 16 heavy (non-hydrogen) atoms. The van der Waals surface area contributed by atoms with Crippen molar-refractivity contribution in [3.05, 3.63) is 30.0 Å². The van der Waals surface area contributed by atoms with E-state index in [-0.39, 0.29) is 0 Å². The third kappa shape index (κ3) is 1.78. The van der Waals surface area contributed by atoms with Gasteiger partial charge >= 0.3 is 0 Å². The van der Waals surface area contributed by atoms with Crippen LogP contribution in [0.2, 0.25) is 0 Å². The Bertz CT molecular complexity index is 497. The fraction of sp³-hybridized carbons (Fsp3) is 0.333. The zero-order valence-electron chi connectivity index (χ0n) is 9.43. The van der Waals surface area contributed by atoms with Crippen molar-refractivity contribution in [1.29, 1.82) is 0 Å². The lowest BCUT2D eigenvalue weighted by Crippen LogP contribution is -1.96. The molecule has 84 valence electrons. The van der Waals surface area contributed by atoms with Crippen molar-refractivity contribution in [3.63, 3.8) is 0 Å². The minimum Gasteiger partial charge on any atom is -0.461 e. The Kier molecular flexibility index (Phi) is 2.90. The van der Waals surface area contributed by atoms with Crippen LogP contribution in [-0.2, 0) is 6.54 Å². The summed E-state index contributed by atoms with van der Waals surface area (Å²) in [7, 11) is 0. The summed E-state index contributed by atoms with van der Waals surface area (Å²) in [5.41, 5.74) is 2.69. The van der Waals surface area contributed by atoms with Crippen LogP contribution in [0.25, 0.3) is 11.1 Å². The largest absolute Gasteiger partial charge is 0.461 e. The molecule has 0 amide bonds. The quantitative estimate of drug-likeness (QED) is 0.741. The van der Waals surface area contributed by atoms with Gasteiger partial charge in [-0.3, -0.25) is 9.48 Å².